The van der Waals surface area contributed by atoms with E-state index in [1.54, 1.807) is 0 Å². The average molecular weight is 206 g/mol. The summed E-state index contributed by atoms with van der Waals surface area (Å²) < 4.78 is 25.7. The molecule has 0 amide bonds. The monoisotopic (exact) mass is 205 g/mol. The molecular weight excluding hydrogens is 198 g/mol. The lowest BCUT2D eigenvalue weighted by molar-refractivity contribution is 0.282. The second kappa shape index (κ2) is 4.03. The fourth-order valence-corrected chi connectivity index (χ4v) is 1.03. The van der Waals surface area contributed by atoms with E-state index in [9.17, 15) is 8.78 Å². The van der Waals surface area contributed by atoms with Crippen LogP contribution in [0.5, 0.6) is 0 Å². The number of aliphatic hydroxyl groups is 1. The summed E-state index contributed by atoms with van der Waals surface area (Å²) in [6.45, 7) is 3.25. The first-order valence-electron chi connectivity index (χ1n) is 3.64. The van der Waals surface area contributed by atoms with Gasteiger partial charge in [0.1, 0.15) is 16.7 Å². The molecule has 0 aliphatic carbocycles. The van der Waals surface area contributed by atoms with E-state index in [4.69, 9.17) is 16.7 Å². The van der Waals surface area contributed by atoms with Gasteiger partial charge in [0.15, 0.2) is 0 Å². The topological polar surface area (TPSA) is 20.2 Å². The molecular formula is C9H8ClF2O. The summed E-state index contributed by atoms with van der Waals surface area (Å²) >= 11 is 5.26. The Labute approximate surface area is 80.0 Å². The highest BCUT2D eigenvalue weighted by Crippen LogP contribution is 2.24. The van der Waals surface area contributed by atoms with Crippen molar-refractivity contribution in [3.8, 4) is 0 Å². The highest BCUT2D eigenvalue weighted by Gasteiger charge is 2.12. The Hall–Kier alpha value is -0.670. The van der Waals surface area contributed by atoms with Gasteiger partial charge in [0.2, 0.25) is 0 Å². The standard InChI is InChI=1S/C9H8ClF2O/c1-5(4-13)6-2-7(11)9(10)8(12)3-6/h2-3,5,13H,1,4H2. The van der Waals surface area contributed by atoms with E-state index in [1.807, 2.05) is 0 Å². The normalized spacial score (nSPS) is 13.0. The minimum atomic E-state index is -0.834. The fraction of sp³-hybridized carbons (Fsp3) is 0.222. The number of aliphatic hydroxyl groups excluding tert-OH is 1. The number of rotatable bonds is 2. The van der Waals surface area contributed by atoms with Gasteiger partial charge in [-0.1, -0.05) is 11.6 Å². The molecule has 0 heterocycles. The third-order valence-electron chi connectivity index (χ3n) is 1.70. The van der Waals surface area contributed by atoms with Crippen LogP contribution in [0, 0.1) is 18.6 Å². The van der Waals surface area contributed by atoms with E-state index in [0.717, 1.165) is 12.1 Å². The van der Waals surface area contributed by atoms with Gasteiger partial charge in [0.25, 0.3) is 0 Å². The highest BCUT2D eigenvalue weighted by molar-refractivity contribution is 6.30. The lowest BCUT2D eigenvalue weighted by Gasteiger charge is -2.08. The molecule has 1 N–H and O–H groups in total. The SMILES string of the molecule is [CH2]C(CO)c1cc(F)c(Cl)c(F)c1. The fourth-order valence-electron chi connectivity index (χ4n) is 0.916. The first-order valence-corrected chi connectivity index (χ1v) is 4.02. The molecule has 71 valence electrons. The number of benzene rings is 1. The predicted octanol–water partition coefficient (Wildman–Crippen LogP) is 2.53. The summed E-state index contributed by atoms with van der Waals surface area (Å²) in [7, 11) is 0. The molecule has 1 rings (SSSR count). The molecule has 1 nitrogen and oxygen atoms in total. The van der Waals surface area contributed by atoms with E-state index >= 15 is 0 Å². The Morgan fingerprint density at radius 2 is 1.85 bits per heavy atom. The summed E-state index contributed by atoms with van der Waals surface area (Å²) in [5, 5.41) is 8.17. The third-order valence-corrected chi connectivity index (χ3v) is 2.06. The Morgan fingerprint density at radius 3 is 2.23 bits per heavy atom. The number of halogens is 3. The van der Waals surface area contributed by atoms with Crippen LogP contribution >= 0.6 is 11.6 Å². The van der Waals surface area contributed by atoms with E-state index < -0.39 is 22.6 Å². The van der Waals surface area contributed by atoms with Crippen LogP contribution < -0.4 is 0 Å². The van der Waals surface area contributed by atoms with Crippen molar-refractivity contribution in [2.75, 3.05) is 6.61 Å². The first kappa shape index (κ1) is 10.4. The Bertz CT molecular complexity index is 291. The molecule has 13 heavy (non-hydrogen) atoms. The van der Waals surface area contributed by atoms with Crippen molar-refractivity contribution < 1.29 is 13.9 Å². The smallest absolute Gasteiger partial charge is 0.145 e. The van der Waals surface area contributed by atoms with Gasteiger partial charge in [0.05, 0.1) is 0 Å². The van der Waals surface area contributed by atoms with Gasteiger partial charge < -0.3 is 5.11 Å². The third kappa shape index (κ3) is 2.17. The van der Waals surface area contributed by atoms with Crippen molar-refractivity contribution >= 4 is 11.6 Å². The molecule has 0 fully saturated rings. The molecule has 0 saturated carbocycles. The summed E-state index contributed by atoms with van der Waals surface area (Å²) in [5.74, 6) is -2.21. The van der Waals surface area contributed by atoms with Crippen molar-refractivity contribution in [2.24, 2.45) is 0 Å². The first-order chi connectivity index (χ1) is 6.06. The van der Waals surface area contributed by atoms with Crippen LogP contribution in [0.2, 0.25) is 5.02 Å². The van der Waals surface area contributed by atoms with Crippen LogP contribution in [-0.2, 0) is 0 Å². The minimum absolute atomic E-state index is 0.263. The van der Waals surface area contributed by atoms with Crippen LogP contribution in [-0.4, -0.2) is 11.7 Å². The summed E-state index contributed by atoms with van der Waals surface area (Å²) in [4.78, 5) is 0. The molecule has 1 radical (unpaired) electrons. The molecule has 1 aromatic carbocycles. The maximum atomic E-state index is 12.9. The van der Waals surface area contributed by atoms with Crippen LogP contribution in [0.3, 0.4) is 0 Å². The zero-order valence-electron chi connectivity index (χ0n) is 6.73. The van der Waals surface area contributed by atoms with E-state index in [1.165, 1.54) is 0 Å². The highest BCUT2D eigenvalue weighted by atomic mass is 35.5. The van der Waals surface area contributed by atoms with Gasteiger partial charge in [-0.15, -0.1) is 0 Å². The molecule has 1 unspecified atom stereocenters. The van der Waals surface area contributed by atoms with Crippen LogP contribution in [0.4, 0.5) is 8.78 Å². The lowest BCUT2D eigenvalue weighted by Crippen LogP contribution is -2.01. The van der Waals surface area contributed by atoms with Crippen molar-refractivity contribution in [3.63, 3.8) is 0 Å². The number of hydrogen-bond donors (Lipinski definition) is 1. The summed E-state index contributed by atoms with van der Waals surface area (Å²) in [6, 6.07) is 2.14. The van der Waals surface area contributed by atoms with E-state index in [2.05, 4.69) is 6.92 Å². The Kier molecular flexibility index (Phi) is 3.22. The zero-order chi connectivity index (χ0) is 10.0. The molecule has 0 aliphatic heterocycles. The summed E-state index contributed by atoms with van der Waals surface area (Å²) in [5.41, 5.74) is 0.293. The lowest BCUT2D eigenvalue weighted by atomic mass is 10.0. The van der Waals surface area contributed by atoms with Gasteiger partial charge in [-0.3, -0.25) is 0 Å². The maximum absolute atomic E-state index is 12.9. The average Bonchev–Trinajstić information content (AvgIpc) is 2.12. The molecule has 0 aromatic heterocycles. The maximum Gasteiger partial charge on any atom is 0.145 e. The molecule has 0 aliphatic rings. The van der Waals surface area contributed by atoms with Gasteiger partial charge in [0, 0.05) is 12.5 Å². The van der Waals surface area contributed by atoms with E-state index in [0.29, 0.717) is 5.56 Å². The van der Waals surface area contributed by atoms with Crippen molar-refractivity contribution in [3.05, 3.63) is 41.3 Å². The molecule has 4 heteroatoms. The van der Waals surface area contributed by atoms with Crippen molar-refractivity contribution in [1.29, 1.82) is 0 Å². The van der Waals surface area contributed by atoms with Gasteiger partial charge in [-0.2, -0.15) is 0 Å². The predicted molar refractivity (Wildman–Crippen MR) is 46.6 cm³/mol. The van der Waals surface area contributed by atoms with Crippen LogP contribution in [0.25, 0.3) is 0 Å². The second-order valence-electron chi connectivity index (χ2n) is 2.68. The van der Waals surface area contributed by atoms with Gasteiger partial charge in [-0.05, 0) is 24.6 Å². The largest absolute Gasteiger partial charge is 0.396 e. The van der Waals surface area contributed by atoms with Crippen molar-refractivity contribution in [2.45, 2.75) is 5.92 Å². The van der Waals surface area contributed by atoms with Gasteiger partial charge >= 0.3 is 0 Å². The minimum Gasteiger partial charge on any atom is -0.396 e. The molecule has 1 atom stereocenters. The Morgan fingerprint density at radius 1 is 1.38 bits per heavy atom. The molecule has 0 bridgehead atoms. The quantitative estimate of drug-likeness (QED) is 0.736. The van der Waals surface area contributed by atoms with Crippen molar-refractivity contribution in [1.82, 2.24) is 0 Å². The molecule has 0 spiro atoms. The summed E-state index contributed by atoms with van der Waals surface area (Å²) in [6.07, 6.45) is 0. The number of hydrogen-bond acceptors (Lipinski definition) is 1. The van der Waals surface area contributed by atoms with Crippen LogP contribution in [0.15, 0.2) is 12.1 Å². The molecule has 0 saturated heterocycles. The molecule has 1 aromatic rings. The van der Waals surface area contributed by atoms with Gasteiger partial charge in [-0.25, -0.2) is 8.78 Å². The second-order valence-corrected chi connectivity index (χ2v) is 3.06. The van der Waals surface area contributed by atoms with E-state index in [-0.39, 0.29) is 6.61 Å². The zero-order valence-corrected chi connectivity index (χ0v) is 7.48. The Balaban J connectivity index is 3.13. The van der Waals surface area contributed by atoms with Crippen LogP contribution in [0.1, 0.15) is 11.5 Å².